The van der Waals surface area contributed by atoms with Crippen molar-refractivity contribution >= 4 is 7.72 Å². The first kappa shape index (κ1) is 13.3. The predicted octanol–water partition coefficient (Wildman–Crippen LogP) is 1.59. The molecule has 4 nitrogen and oxygen atoms in total. The quantitative estimate of drug-likeness (QED) is 0.517. The first-order valence-electron chi connectivity index (χ1n) is 4.55. The van der Waals surface area contributed by atoms with Crippen LogP contribution in [0.1, 0.15) is 27.7 Å². The predicted molar refractivity (Wildman–Crippen MR) is 53.6 cm³/mol. The molecule has 0 aromatic carbocycles. The van der Waals surface area contributed by atoms with Gasteiger partial charge in [0.05, 0.1) is 13.2 Å². The molecule has 0 saturated carbocycles. The Kier molecular flexibility index (Phi) is 5.33. The zero-order valence-corrected chi connectivity index (χ0v) is 9.67. The van der Waals surface area contributed by atoms with E-state index in [-0.39, 0.29) is 6.16 Å². The van der Waals surface area contributed by atoms with Crippen molar-refractivity contribution in [2.24, 2.45) is 0 Å². The van der Waals surface area contributed by atoms with Gasteiger partial charge in [0.1, 0.15) is 6.16 Å². The van der Waals surface area contributed by atoms with Crippen LogP contribution in [0.2, 0.25) is 0 Å². The highest BCUT2D eigenvalue weighted by atomic mass is 31.2. The summed E-state index contributed by atoms with van der Waals surface area (Å²) >= 11 is 0. The molecule has 0 aliphatic heterocycles. The second-order valence-corrected chi connectivity index (χ2v) is 5.72. The Morgan fingerprint density at radius 1 is 1.08 bits per heavy atom. The minimum Gasteiger partial charge on any atom is -0.315 e. The highest BCUT2D eigenvalue weighted by molar-refractivity contribution is 7.65. The third-order valence-corrected chi connectivity index (χ3v) is 4.36. The summed E-state index contributed by atoms with van der Waals surface area (Å²) in [4.78, 5) is 19.4. The van der Waals surface area contributed by atoms with Crippen LogP contribution in [0.5, 0.6) is 0 Å². The Balaban J connectivity index is 4.55. The normalized spacial score (nSPS) is 13.4. The van der Waals surface area contributed by atoms with E-state index in [1.807, 2.05) is 0 Å². The second kappa shape index (κ2) is 5.23. The van der Waals surface area contributed by atoms with Gasteiger partial charge in [-0.3, -0.25) is 0 Å². The summed E-state index contributed by atoms with van der Waals surface area (Å²) < 4.78 is 10.5. The van der Waals surface area contributed by atoms with E-state index >= 15 is 0 Å². The lowest BCUT2D eigenvalue weighted by molar-refractivity contribution is -0.170. The van der Waals surface area contributed by atoms with E-state index in [1.54, 1.807) is 27.7 Å². The highest BCUT2D eigenvalue weighted by Gasteiger charge is 2.56. The van der Waals surface area contributed by atoms with Crippen LogP contribution in [-0.4, -0.2) is 34.7 Å². The first-order valence-corrected chi connectivity index (χ1v) is 6.43. The van der Waals surface area contributed by atoms with E-state index in [0.717, 1.165) is 0 Å². The standard InChI is InChI=1S/C8H20O4P/c1-5-11-8(4,12-6-2)13(9,10)7-3/h9-10H,5-7H2,1-4H3/q+1. The minimum absolute atomic E-state index is 0.267. The maximum absolute atomic E-state index is 9.72. The van der Waals surface area contributed by atoms with Crippen LogP contribution >= 0.6 is 7.72 Å². The van der Waals surface area contributed by atoms with Gasteiger partial charge >= 0.3 is 13.2 Å². The minimum atomic E-state index is -3.12. The van der Waals surface area contributed by atoms with Gasteiger partial charge in [-0.25, -0.2) is 9.79 Å². The van der Waals surface area contributed by atoms with Crippen LogP contribution in [0.15, 0.2) is 0 Å². The molecule has 0 heterocycles. The lowest BCUT2D eigenvalue weighted by atomic mass is 10.7. The van der Waals surface area contributed by atoms with Gasteiger partial charge < -0.3 is 9.47 Å². The van der Waals surface area contributed by atoms with E-state index in [2.05, 4.69) is 0 Å². The molecule has 0 aromatic heterocycles. The van der Waals surface area contributed by atoms with Gasteiger partial charge in [0.25, 0.3) is 0 Å². The number of rotatable bonds is 6. The zero-order chi connectivity index (χ0) is 10.5. The molecule has 0 fully saturated rings. The molecule has 0 saturated heterocycles. The van der Waals surface area contributed by atoms with Crippen molar-refractivity contribution in [1.29, 1.82) is 0 Å². The van der Waals surface area contributed by atoms with Gasteiger partial charge in [-0.15, -0.1) is 0 Å². The largest absolute Gasteiger partial charge is 0.336 e. The topological polar surface area (TPSA) is 58.9 Å². The molecule has 0 unspecified atom stereocenters. The lowest BCUT2D eigenvalue weighted by Crippen LogP contribution is -2.36. The molecule has 0 aliphatic carbocycles. The molecule has 0 spiro atoms. The maximum Gasteiger partial charge on any atom is 0.336 e. The van der Waals surface area contributed by atoms with Gasteiger partial charge in [0.2, 0.25) is 0 Å². The summed E-state index contributed by atoms with van der Waals surface area (Å²) in [5, 5.41) is 0. The number of hydrogen-bond acceptors (Lipinski definition) is 4. The van der Waals surface area contributed by atoms with Crippen LogP contribution < -0.4 is 0 Å². The van der Waals surface area contributed by atoms with E-state index in [4.69, 9.17) is 9.47 Å². The fraction of sp³-hybridized carbons (Fsp3) is 1.00. The summed E-state index contributed by atoms with van der Waals surface area (Å²) in [6.45, 7) is 7.69. The highest BCUT2D eigenvalue weighted by Crippen LogP contribution is 2.62. The van der Waals surface area contributed by atoms with E-state index in [0.29, 0.717) is 13.2 Å². The van der Waals surface area contributed by atoms with Crippen molar-refractivity contribution in [3.8, 4) is 0 Å². The molecule has 0 bridgehead atoms. The molecule has 2 N–H and O–H groups in total. The van der Waals surface area contributed by atoms with Crippen LogP contribution in [0, 0.1) is 0 Å². The van der Waals surface area contributed by atoms with Crippen LogP contribution in [0.3, 0.4) is 0 Å². The Bertz CT molecular complexity index is 143. The molecule has 0 aromatic rings. The van der Waals surface area contributed by atoms with Gasteiger partial charge in [0.15, 0.2) is 0 Å². The van der Waals surface area contributed by atoms with Crippen molar-refractivity contribution in [3.05, 3.63) is 0 Å². The summed E-state index contributed by atoms with van der Waals surface area (Å²) in [5.41, 5.74) is -1.23. The average Bonchev–Trinajstić information content (AvgIpc) is 2.05. The molecule has 80 valence electrons. The summed E-state index contributed by atoms with van der Waals surface area (Å²) in [6, 6.07) is 0. The summed E-state index contributed by atoms with van der Waals surface area (Å²) in [7, 11) is -3.12. The number of hydrogen-bond donors (Lipinski definition) is 2. The third kappa shape index (κ3) is 3.15. The molecular weight excluding hydrogens is 191 g/mol. The fourth-order valence-electron chi connectivity index (χ4n) is 1.07. The molecule has 0 radical (unpaired) electrons. The Morgan fingerprint density at radius 2 is 1.46 bits per heavy atom. The average molecular weight is 211 g/mol. The second-order valence-electron chi connectivity index (χ2n) is 2.81. The molecule has 0 aliphatic rings. The van der Waals surface area contributed by atoms with Crippen molar-refractivity contribution in [2.75, 3.05) is 19.4 Å². The van der Waals surface area contributed by atoms with Crippen molar-refractivity contribution in [1.82, 2.24) is 0 Å². The third-order valence-electron chi connectivity index (χ3n) is 1.92. The maximum atomic E-state index is 9.72. The molecule has 0 rings (SSSR count). The SMILES string of the molecule is CCOC(C)(OCC)[P+](O)(O)CC. The molecule has 0 amide bonds. The monoisotopic (exact) mass is 211 g/mol. The van der Waals surface area contributed by atoms with Gasteiger partial charge in [0, 0.05) is 6.92 Å². The fourth-order valence-corrected chi connectivity index (χ4v) is 2.32. The van der Waals surface area contributed by atoms with E-state index in [9.17, 15) is 9.79 Å². The van der Waals surface area contributed by atoms with Crippen molar-refractivity contribution < 1.29 is 19.3 Å². The lowest BCUT2D eigenvalue weighted by Gasteiger charge is -2.30. The van der Waals surface area contributed by atoms with Gasteiger partial charge in [-0.1, -0.05) is 0 Å². The van der Waals surface area contributed by atoms with Gasteiger partial charge in [-0.2, -0.15) is 0 Å². The Labute approximate surface area is 80.4 Å². The van der Waals surface area contributed by atoms with Gasteiger partial charge in [-0.05, 0) is 20.8 Å². The first-order chi connectivity index (χ1) is 5.93. The summed E-state index contributed by atoms with van der Waals surface area (Å²) in [5.74, 6) is 0. The van der Waals surface area contributed by atoms with E-state index in [1.165, 1.54) is 0 Å². The Morgan fingerprint density at radius 3 is 1.69 bits per heavy atom. The molecule has 0 atom stereocenters. The van der Waals surface area contributed by atoms with Crippen LogP contribution in [-0.2, 0) is 9.47 Å². The van der Waals surface area contributed by atoms with Crippen LogP contribution in [0.4, 0.5) is 0 Å². The molecule has 5 heteroatoms. The summed E-state index contributed by atoms with van der Waals surface area (Å²) in [6.07, 6.45) is 0.267. The van der Waals surface area contributed by atoms with Crippen molar-refractivity contribution in [3.63, 3.8) is 0 Å². The zero-order valence-electron chi connectivity index (χ0n) is 8.78. The molecular formula is C8H20O4P+. The van der Waals surface area contributed by atoms with Crippen molar-refractivity contribution in [2.45, 2.75) is 33.2 Å². The molecule has 13 heavy (non-hydrogen) atoms. The van der Waals surface area contributed by atoms with Crippen LogP contribution in [0.25, 0.3) is 0 Å². The Hall–Kier alpha value is 0.270. The van der Waals surface area contributed by atoms with E-state index < -0.39 is 13.2 Å². The number of ether oxygens (including phenoxy) is 2. The smallest absolute Gasteiger partial charge is 0.315 e.